The van der Waals surface area contributed by atoms with Crippen molar-refractivity contribution >= 4 is 11.9 Å². The number of nitrogens with one attached hydrogen (secondary N) is 1. The Kier molecular flexibility index (Phi) is 5.88. The van der Waals surface area contributed by atoms with Crippen molar-refractivity contribution in [2.24, 2.45) is 5.73 Å². The van der Waals surface area contributed by atoms with Gasteiger partial charge in [-0.05, 0) is 19.8 Å². The van der Waals surface area contributed by atoms with Crippen molar-refractivity contribution < 1.29 is 14.7 Å². The summed E-state index contributed by atoms with van der Waals surface area (Å²) in [6.07, 6.45) is 1.38. The first-order valence-corrected chi connectivity index (χ1v) is 4.27. The summed E-state index contributed by atoms with van der Waals surface area (Å²) in [4.78, 5) is 20.9. The number of rotatable bonds is 6. The van der Waals surface area contributed by atoms with Crippen LogP contribution >= 0.6 is 0 Å². The molecule has 0 aliphatic rings. The first kappa shape index (κ1) is 11.9. The normalized spacial score (nSPS) is 12.2. The molecule has 5 nitrogen and oxygen atoms in total. The molecule has 0 saturated carbocycles. The molecule has 76 valence electrons. The van der Waals surface area contributed by atoms with Crippen molar-refractivity contribution in [3.63, 3.8) is 0 Å². The Morgan fingerprint density at radius 1 is 1.54 bits per heavy atom. The molecule has 13 heavy (non-hydrogen) atoms. The van der Waals surface area contributed by atoms with E-state index in [0.29, 0.717) is 12.8 Å². The molecule has 0 aliphatic carbocycles. The average molecular weight is 188 g/mol. The Balaban J connectivity index is 3.45. The number of amides is 1. The Morgan fingerprint density at radius 2 is 2.15 bits per heavy atom. The zero-order chi connectivity index (χ0) is 10.3. The van der Waals surface area contributed by atoms with Gasteiger partial charge in [-0.25, -0.2) is 0 Å². The second-order valence-corrected chi connectivity index (χ2v) is 2.96. The van der Waals surface area contributed by atoms with Gasteiger partial charge in [0.2, 0.25) is 5.91 Å². The van der Waals surface area contributed by atoms with E-state index in [1.165, 1.54) is 0 Å². The third-order valence-electron chi connectivity index (χ3n) is 1.62. The topological polar surface area (TPSA) is 92.4 Å². The molecule has 0 aromatic rings. The van der Waals surface area contributed by atoms with Gasteiger partial charge in [0, 0.05) is 12.5 Å². The van der Waals surface area contributed by atoms with Crippen LogP contribution in [-0.4, -0.2) is 29.6 Å². The lowest BCUT2D eigenvalue weighted by Crippen LogP contribution is -2.36. The summed E-state index contributed by atoms with van der Waals surface area (Å²) in [5.74, 6) is -1.01. The molecule has 1 unspecified atom stereocenters. The molecule has 0 rings (SSSR count). The van der Waals surface area contributed by atoms with E-state index in [1.54, 1.807) is 0 Å². The lowest BCUT2D eigenvalue weighted by molar-refractivity contribution is -0.137. The van der Waals surface area contributed by atoms with Crippen LogP contribution in [0.5, 0.6) is 0 Å². The molecule has 0 heterocycles. The van der Waals surface area contributed by atoms with Crippen molar-refractivity contribution in [1.29, 1.82) is 0 Å². The van der Waals surface area contributed by atoms with Gasteiger partial charge < -0.3 is 16.2 Å². The van der Waals surface area contributed by atoms with Crippen LogP contribution in [0.1, 0.15) is 26.2 Å². The van der Waals surface area contributed by atoms with Crippen LogP contribution < -0.4 is 11.1 Å². The van der Waals surface area contributed by atoms with Crippen LogP contribution in [0.15, 0.2) is 0 Å². The zero-order valence-electron chi connectivity index (χ0n) is 7.75. The maximum absolute atomic E-state index is 10.8. The monoisotopic (exact) mass is 188 g/mol. The fraction of sp³-hybridized carbons (Fsp3) is 0.750. The van der Waals surface area contributed by atoms with E-state index in [4.69, 9.17) is 10.8 Å². The van der Waals surface area contributed by atoms with E-state index >= 15 is 0 Å². The lowest BCUT2D eigenvalue weighted by Gasteiger charge is -2.11. The largest absolute Gasteiger partial charge is 0.481 e. The second-order valence-electron chi connectivity index (χ2n) is 2.96. The molecule has 0 bridgehead atoms. The van der Waals surface area contributed by atoms with Gasteiger partial charge in [0.1, 0.15) is 0 Å². The maximum Gasteiger partial charge on any atom is 0.303 e. The molecule has 0 aromatic heterocycles. The number of hydrogen-bond acceptors (Lipinski definition) is 3. The Hall–Kier alpha value is -1.10. The van der Waals surface area contributed by atoms with Crippen molar-refractivity contribution in [1.82, 2.24) is 5.32 Å². The predicted octanol–water partition coefficient (Wildman–Crippen LogP) is -0.295. The summed E-state index contributed by atoms with van der Waals surface area (Å²) in [6, 6.07) is -0.00426. The molecule has 0 aliphatic heterocycles. The van der Waals surface area contributed by atoms with E-state index in [9.17, 15) is 9.59 Å². The fourth-order valence-corrected chi connectivity index (χ4v) is 0.965. The zero-order valence-corrected chi connectivity index (χ0v) is 7.75. The molecule has 0 spiro atoms. The minimum absolute atomic E-state index is 0.00426. The molecule has 0 radical (unpaired) electrons. The van der Waals surface area contributed by atoms with E-state index in [1.807, 2.05) is 6.92 Å². The van der Waals surface area contributed by atoms with Crippen LogP contribution in [0.3, 0.4) is 0 Å². The third kappa shape index (κ3) is 7.27. The van der Waals surface area contributed by atoms with Crippen molar-refractivity contribution in [2.75, 3.05) is 6.54 Å². The molecule has 4 N–H and O–H groups in total. The molecule has 0 aromatic carbocycles. The van der Waals surface area contributed by atoms with Gasteiger partial charge in [-0.2, -0.15) is 0 Å². The minimum atomic E-state index is -0.808. The van der Waals surface area contributed by atoms with Crippen molar-refractivity contribution in [3.05, 3.63) is 0 Å². The molecular formula is C8H16N2O3. The maximum atomic E-state index is 10.8. The van der Waals surface area contributed by atoms with Gasteiger partial charge in [0.05, 0.1) is 6.54 Å². The Bertz CT molecular complexity index is 182. The second kappa shape index (κ2) is 6.42. The number of carbonyl (C=O) groups is 2. The fourth-order valence-electron chi connectivity index (χ4n) is 0.965. The average Bonchev–Trinajstić information content (AvgIpc) is 2.03. The van der Waals surface area contributed by atoms with E-state index < -0.39 is 5.97 Å². The number of aliphatic carboxylic acids is 1. The standard InChI is InChI=1S/C8H16N2O3/c1-6(10-7(11)5-9)3-2-4-8(12)13/h6H,2-5,9H2,1H3,(H,10,11)(H,12,13). The molecule has 1 atom stereocenters. The van der Waals surface area contributed by atoms with Gasteiger partial charge in [0.25, 0.3) is 0 Å². The van der Waals surface area contributed by atoms with E-state index in [-0.39, 0.29) is 24.9 Å². The molecule has 5 heteroatoms. The lowest BCUT2D eigenvalue weighted by atomic mass is 10.1. The van der Waals surface area contributed by atoms with Crippen LogP contribution in [0.4, 0.5) is 0 Å². The van der Waals surface area contributed by atoms with E-state index in [0.717, 1.165) is 0 Å². The summed E-state index contributed by atoms with van der Waals surface area (Å²) in [5.41, 5.74) is 5.09. The van der Waals surface area contributed by atoms with Crippen molar-refractivity contribution in [2.45, 2.75) is 32.2 Å². The smallest absolute Gasteiger partial charge is 0.303 e. The highest BCUT2D eigenvalue weighted by Gasteiger charge is 2.06. The van der Waals surface area contributed by atoms with Gasteiger partial charge >= 0.3 is 5.97 Å². The highest BCUT2D eigenvalue weighted by molar-refractivity contribution is 5.77. The van der Waals surface area contributed by atoms with Crippen LogP contribution in [0.2, 0.25) is 0 Å². The third-order valence-corrected chi connectivity index (χ3v) is 1.62. The van der Waals surface area contributed by atoms with E-state index in [2.05, 4.69) is 5.32 Å². The summed E-state index contributed by atoms with van der Waals surface area (Å²) >= 11 is 0. The SMILES string of the molecule is CC(CCCC(=O)O)NC(=O)CN. The summed E-state index contributed by atoms with van der Waals surface area (Å²) in [5, 5.41) is 11.0. The van der Waals surface area contributed by atoms with Crippen LogP contribution in [0.25, 0.3) is 0 Å². The molecule has 1 amide bonds. The van der Waals surface area contributed by atoms with Crippen LogP contribution in [0, 0.1) is 0 Å². The van der Waals surface area contributed by atoms with Crippen LogP contribution in [-0.2, 0) is 9.59 Å². The Labute approximate surface area is 77.3 Å². The Morgan fingerprint density at radius 3 is 2.62 bits per heavy atom. The quantitative estimate of drug-likeness (QED) is 0.533. The number of nitrogens with two attached hydrogens (primary N) is 1. The highest BCUT2D eigenvalue weighted by Crippen LogP contribution is 1.99. The number of carboxylic acids is 1. The van der Waals surface area contributed by atoms with Gasteiger partial charge in [0.15, 0.2) is 0 Å². The number of hydrogen-bond donors (Lipinski definition) is 3. The van der Waals surface area contributed by atoms with Gasteiger partial charge in [-0.3, -0.25) is 9.59 Å². The van der Waals surface area contributed by atoms with Crippen molar-refractivity contribution in [3.8, 4) is 0 Å². The van der Waals surface area contributed by atoms with Gasteiger partial charge in [-0.15, -0.1) is 0 Å². The first-order valence-electron chi connectivity index (χ1n) is 4.27. The number of carboxylic acid groups (broad SMARTS) is 1. The first-order chi connectivity index (χ1) is 6.06. The number of carbonyl (C=O) groups excluding carboxylic acids is 1. The molecular weight excluding hydrogens is 172 g/mol. The molecule has 0 saturated heterocycles. The van der Waals surface area contributed by atoms with Gasteiger partial charge in [-0.1, -0.05) is 0 Å². The highest BCUT2D eigenvalue weighted by atomic mass is 16.4. The predicted molar refractivity (Wildman–Crippen MR) is 48.1 cm³/mol. The minimum Gasteiger partial charge on any atom is -0.481 e. The summed E-state index contributed by atoms with van der Waals surface area (Å²) < 4.78 is 0. The summed E-state index contributed by atoms with van der Waals surface area (Å²) in [7, 11) is 0. The summed E-state index contributed by atoms with van der Waals surface area (Å²) in [6.45, 7) is 1.80. The molecule has 0 fully saturated rings.